The molecule has 4 aromatic rings. The van der Waals surface area contributed by atoms with Crippen LogP contribution < -0.4 is 0 Å². The molecule has 0 saturated carbocycles. The van der Waals surface area contributed by atoms with E-state index in [1.165, 1.54) is 10.8 Å². The molecule has 0 fully saturated rings. The Morgan fingerprint density at radius 3 is 2.38 bits per heavy atom. The average molecular weight is 270 g/mol. The van der Waals surface area contributed by atoms with Gasteiger partial charge in [-0.25, -0.2) is 0 Å². The van der Waals surface area contributed by atoms with Gasteiger partial charge in [0.25, 0.3) is 0 Å². The molecule has 0 saturated heterocycles. The summed E-state index contributed by atoms with van der Waals surface area (Å²) in [6.45, 7) is 0. The minimum Gasteiger partial charge on any atom is -0.354 e. The van der Waals surface area contributed by atoms with Crippen molar-refractivity contribution in [1.82, 2.24) is 4.98 Å². The van der Waals surface area contributed by atoms with Crippen LogP contribution in [0.5, 0.6) is 0 Å². The Balaban J connectivity index is 1.77. The Kier molecular flexibility index (Phi) is 2.79. The lowest BCUT2D eigenvalue weighted by atomic mass is 10.1. The molecule has 1 N–H and O–H groups in total. The van der Waals surface area contributed by atoms with Crippen molar-refractivity contribution in [2.24, 2.45) is 4.99 Å². The fourth-order valence-electron chi connectivity index (χ4n) is 2.61. The van der Waals surface area contributed by atoms with Gasteiger partial charge in [-0.1, -0.05) is 54.6 Å². The van der Waals surface area contributed by atoms with E-state index >= 15 is 0 Å². The number of fused-ring (bicyclic) bond motifs is 3. The van der Waals surface area contributed by atoms with Gasteiger partial charge in [-0.3, -0.25) is 4.99 Å². The Hall–Kier alpha value is -2.87. The smallest absolute Gasteiger partial charge is 0.0650 e. The molecule has 0 bridgehead atoms. The van der Waals surface area contributed by atoms with Crippen molar-refractivity contribution < 1.29 is 0 Å². The number of nitrogens with zero attached hydrogens (tertiary/aromatic N) is 1. The third-order valence-electron chi connectivity index (χ3n) is 3.65. The summed E-state index contributed by atoms with van der Waals surface area (Å²) in [7, 11) is 0. The summed E-state index contributed by atoms with van der Waals surface area (Å²) in [5.74, 6) is 0. The highest BCUT2D eigenvalue weighted by atomic mass is 14.7. The third-order valence-corrected chi connectivity index (χ3v) is 3.65. The van der Waals surface area contributed by atoms with Gasteiger partial charge in [0.1, 0.15) is 0 Å². The maximum absolute atomic E-state index is 4.55. The maximum atomic E-state index is 4.55. The molecule has 0 atom stereocenters. The second-order valence-corrected chi connectivity index (χ2v) is 5.07. The van der Waals surface area contributed by atoms with Crippen LogP contribution in [-0.4, -0.2) is 11.2 Å². The van der Waals surface area contributed by atoms with Gasteiger partial charge in [0.15, 0.2) is 0 Å². The molecule has 0 spiro atoms. The zero-order valence-corrected chi connectivity index (χ0v) is 11.5. The zero-order chi connectivity index (χ0) is 14.1. The Labute approximate surface area is 122 Å². The van der Waals surface area contributed by atoms with Crippen molar-refractivity contribution in [2.45, 2.75) is 0 Å². The van der Waals surface area contributed by atoms with E-state index in [1.807, 2.05) is 42.6 Å². The van der Waals surface area contributed by atoms with Crippen LogP contribution in [0.3, 0.4) is 0 Å². The summed E-state index contributed by atoms with van der Waals surface area (Å²) in [5.41, 5.74) is 4.35. The van der Waals surface area contributed by atoms with Crippen molar-refractivity contribution in [3.63, 3.8) is 0 Å². The van der Waals surface area contributed by atoms with Crippen molar-refractivity contribution in [3.8, 4) is 0 Å². The number of aromatic nitrogens is 1. The van der Waals surface area contributed by atoms with Gasteiger partial charge in [-0.05, 0) is 23.8 Å². The van der Waals surface area contributed by atoms with Crippen LogP contribution in [0.2, 0.25) is 0 Å². The molecule has 0 amide bonds. The summed E-state index contributed by atoms with van der Waals surface area (Å²) in [4.78, 5) is 7.99. The van der Waals surface area contributed by atoms with Crippen molar-refractivity contribution in [2.75, 3.05) is 0 Å². The lowest BCUT2D eigenvalue weighted by Crippen LogP contribution is -1.78. The fraction of sp³-hybridized carbons (Fsp3) is 0. The van der Waals surface area contributed by atoms with Crippen LogP contribution in [0.15, 0.2) is 77.8 Å². The molecule has 21 heavy (non-hydrogen) atoms. The summed E-state index contributed by atoms with van der Waals surface area (Å²) < 4.78 is 0. The predicted octanol–water partition coefficient (Wildman–Crippen LogP) is 5.07. The fourth-order valence-corrected chi connectivity index (χ4v) is 2.61. The summed E-state index contributed by atoms with van der Waals surface area (Å²) in [5, 5.41) is 2.50. The number of para-hydroxylation sites is 1. The first-order valence-corrected chi connectivity index (χ1v) is 7.00. The third kappa shape index (κ3) is 2.21. The Bertz CT molecular complexity index is 934. The quantitative estimate of drug-likeness (QED) is 0.492. The highest BCUT2D eigenvalue weighted by Gasteiger charge is 2.03. The molecule has 1 heterocycles. The van der Waals surface area contributed by atoms with Crippen molar-refractivity contribution in [3.05, 3.63) is 78.4 Å². The standard InChI is InChI=1S/C19H14N2/c1-2-6-14(7-3-1)13-20-15-10-11-17-16-8-4-5-9-18(16)21-19(17)12-15/h1-13,21H/b20-13+. The average Bonchev–Trinajstić information content (AvgIpc) is 2.91. The van der Waals surface area contributed by atoms with E-state index in [0.717, 1.165) is 22.3 Å². The van der Waals surface area contributed by atoms with Crippen molar-refractivity contribution in [1.29, 1.82) is 0 Å². The van der Waals surface area contributed by atoms with E-state index in [2.05, 4.69) is 46.4 Å². The summed E-state index contributed by atoms with van der Waals surface area (Å²) in [6.07, 6.45) is 1.89. The molecule has 0 aliphatic carbocycles. The topological polar surface area (TPSA) is 28.1 Å². The van der Waals surface area contributed by atoms with Gasteiger partial charge < -0.3 is 4.98 Å². The van der Waals surface area contributed by atoms with Gasteiger partial charge in [-0.15, -0.1) is 0 Å². The minimum absolute atomic E-state index is 0.956. The molecule has 1 aromatic heterocycles. The first-order valence-electron chi connectivity index (χ1n) is 7.00. The maximum Gasteiger partial charge on any atom is 0.0650 e. The lowest BCUT2D eigenvalue weighted by Gasteiger charge is -1.95. The number of H-pyrrole nitrogens is 1. The molecule has 2 heteroatoms. The first-order chi connectivity index (χ1) is 10.4. The molecule has 0 unspecified atom stereocenters. The number of nitrogens with one attached hydrogen (secondary N) is 1. The van der Waals surface area contributed by atoms with Crippen molar-refractivity contribution >= 4 is 33.7 Å². The number of hydrogen-bond donors (Lipinski definition) is 1. The first kappa shape index (κ1) is 11.9. The molecular weight excluding hydrogens is 256 g/mol. The molecule has 0 aliphatic heterocycles. The largest absolute Gasteiger partial charge is 0.354 e. The second-order valence-electron chi connectivity index (χ2n) is 5.07. The normalized spacial score (nSPS) is 11.6. The van der Waals surface area contributed by atoms with Gasteiger partial charge in [0.05, 0.1) is 5.69 Å². The molecule has 0 radical (unpaired) electrons. The van der Waals surface area contributed by atoms with Crippen LogP contribution >= 0.6 is 0 Å². The highest BCUT2D eigenvalue weighted by molar-refractivity contribution is 6.07. The van der Waals surface area contributed by atoms with Crippen LogP contribution in [0.1, 0.15) is 5.56 Å². The number of rotatable bonds is 2. The van der Waals surface area contributed by atoms with E-state index in [-0.39, 0.29) is 0 Å². The van der Waals surface area contributed by atoms with Crippen LogP contribution in [0, 0.1) is 0 Å². The monoisotopic (exact) mass is 270 g/mol. The van der Waals surface area contributed by atoms with E-state index < -0.39 is 0 Å². The minimum atomic E-state index is 0.956. The van der Waals surface area contributed by atoms with Crippen LogP contribution in [0.25, 0.3) is 21.8 Å². The van der Waals surface area contributed by atoms with Crippen LogP contribution in [0.4, 0.5) is 5.69 Å². The molecular formula is C19H14N2. The predicted molar refractivity (Wildman–Crippen MR) is 89.5 cm³/mol. The molecule has 100 valence electrons. The molecule has 4 rings (SSSR count). The number of aromatic amines is 1. The van der Waals surface area contributed by atoms with E-state index in [0.29, 0.717) is 0 Å². The summed E-state index contributed by atoms with van der Waals surface area (Å²) in [6, 6.07) is 24.8. The zero-order valence-electron chi connectivity index (χ0n) is 11.5. The van der Waals surface area contributed by atoms with Gasteiger partial charge in [0, 0.05) is 28.0 Å². The van der Waals surface area contributed by atoms with Gasteiger partial charge in [-0.2, -0.15) is 0 Å². The summed E-state index contributed by atoms with van der Waals surface area (Å²) >= 11 is 0. The number of benzene rings is 3. The van der Waals surface area contributed by atoms with E-state index in [1.54, 1.807) is 0 Å². The molecule has 3 aromatic carbocycles. The van der Waals surface area contributed by atoms with Gasteiger partial charge >= 0.3 is 0 Å². The molecule has 2 nitrogen and oxygen atoms in total. The SMILES string of the molecule is C(=N\c1ccc2c(c1)[nH]c1ccccc12)/c1ccccc1. The highest BCUT2D eigenvalue weighted by Crippen LogP contribution is 2.28. The van der Waals surface area contributed by atoms with Gasteiger partial charge in [0.2, 0.25) is 0 Å². The van der Waals surface area contributed by atoms with E-state index in [9.17, 15) is 0 Å². The second kappa shape index (κ2) is 4.91. The number of hydrogen-bond acceptors (Lipinski definition) is 1. The van der Waals surface area contributed by atoms with E-state index in [4.69, 9.17) is 0 Å². The Morgan fingerprint density at radius 1 is 0.714 bits per heavy atom. The Morgan fingerprint density at radius 2 is 1.48 bits per heavy atom. The van der Waals surface area contributed by atoms with Crippen LogP contribution in [-0.2, 0) is 0 Å². The lowest BCUT2D eigenvalue weighted by molar-refractivity contribution is 1.51. The number of aliphatic imine (C=N–C) groups is 1. The molecule has 0 aliphatic rings.